The van der Waals surface area contributed by atoms with Crippen molar-refractivity contribution in [3.8, 4) is 0 Å². The molecule has 0 spiro atoms. The number of pyridine rings is 1. The van der Waals surface area contributed by atoms with Crippen molar-refractivity contribution in [3.05, 3.63) is 35.9 Å². The van der Waals surface area contributed by atoms with E-state index in [1.54, 1.807) is 0 Å². The molecule has 0 aliphatic carbocycles. The Morgan fingerprint density at radius 2 is 2.07 bits per heavy atom. The number of aryl methyl sites for hydroxylation is 1. The molecular weight excluding hydrogens is 184 g/mol. The highest BCUT2D eigenvalue weighted by atomic mass is 15.0. The maximum atomic E-state index is 4.50. The predicted molar refractivity (Wildman–Crippen MR) is 63.1 cm³/mol. The summed E-state index contributed by atoms with van der Waals surface area (Å²) in [5.74, 6) is 1.15. The first-order chi connectivity index (χ1) is 6.97. The van der Waals surface area contributed by atoms with Crippen LogP contribution in [0.2, 0.25) is 0 Å². The molecule has 2 nitrogen and oxygen atoms in total. The summed E-state index contributed by atoms with van der Waals surface area (Å²) in [6.07, 6.45) is 5.07. The van der Waals surface area contributed by atoms with Crippen LogP contribution in [0.5, 0.6) is 0 Å². The third kappa shape index (κ3) is 2.04. The number of fused-ring (bicyclic) bond motifs is 1. The van der Waals surface area contributed by atoms with Gasteiger partial charge >= 0.3 is 0 Å². The molecule has 0 aromatic carbocycles. The molecule has 0 saturated carbocycles. The smallest absolute Gasteiger partial charge is 0.113 e. The van der Waals surface area contributed by atoms with Gasteiger partial charge in [-0.1, -0.05) is 26.8 Å². The quantitative estimate of drug-likeness (QED) is 0.694. The minimum atomic E-state index is 0.283. The van der Waals surface area contributed by atoms with E-state index >= 15 is 0 Å². The zero-order valence-electron chi connectivity index (χ0n) is 9.91. The molecule has 0 bridgehead atoms. The molecule has 2 rings (SSSR count). The van der Waals surface area contributed by atoms with Gasteiger partial charge in [0.25, 0.3) is 0 Å². The van der Waals surface area contributed by atoms with E-state index in [4.69, 9.17) is 0 Å². The van der Waals surface area contributed by atoms with E-state index in [9.17, 15) is 0 Å². The van der Waals surface area contributed by atoms with Crippen molar-refractivity contribution in [2.75, 3.05) is 0 Å². The van der Waals surface area contributed by atoms with Gasteiger partial charge in [-0.3, -0.25) is 0 Å². The van der Waals surface area contributed by atoms with E-state index in [1.165, 1.54) is 11.1 Å². The summed E-state index contributed by atoms with van der Waals surface area (Å²) in [6.45, 7) is 8.84. The Morgan fingerprint density at radius 1 is 1.33 bits per heavy atom. The lowest BCUT2D eigenvalue weighted by molar-refractivity contribution is 0.400. The van der Waals surface area contributed by atoms with Crippen LogP contribution in [0.1, 0.15) is 32.2 Å². The number of hydrogen-bond donors (Lipinski definition) is 0. The van der Waals surface area contributed by atoms with Gasteiger partial charge in [0.15, 0.2) is 0 Å². The van der Waals surface area contributed by atoms with Crippen LogP contribution in [0, 0.1) is 12.3 Å². The van der Waals surface area contributed by atoms with Crippen molar-refractivity contribution >= 4 is 5.52 Å². The summed E-state index contributed by atoms with van der Waals surface area (Å²) < 4.78 is 2.20. The van der Waals surface area contributed by atoms with Gasteiger partial charge in [-0.05, 0) is 24.0 Å². The third-order valence-corrected chi connectivity index (χ3v) is 2.55. The molecule has 0 unspecified atom stereocenters. The van der Waals surface area contributed by atoms with Crippen LogP contribution in [-0.4, -0.2) is 9.38 Å². The molecule has 0 N–H and O–H groups in total. The van der Waals surface area contributed by atoms with Crippen LogP contribution in [0.4, 0.5) is 0 Å². The molecular formula is C13H18N2. The van der Waals surface area contributed by atoms with E-state index < -0.39 is 0 Å². The predicted octanol–water partition coefficient (Wildman–Crippen LogP) is 3.23. The summed E-state index contributed by atoms with van der Waals surface area (Å²) in [6, 6.07) is 4.20. The second-order valence-electron chi connectivity index (χ2n) is 5.36. The van der Waals surface area contributed by atoms with Crippen molar-refractivity contribution in [2.24, 2.45) is 5.41 Å². The zero-order valence-corrected chi connectivity index (χ0v) is 9.91. The SMILES string of the molecule is Cc1cccn2c(CC(C)(C)C)ncc12. The second kappa shape index (κ2) is 3.37. The van der Waals surface area contributed by atoms with Gasteiger partial charge in [0.2, 0.25) is 0 Å². The van der Waals surface area contributed by atoms with E-state index in [-0.39, 0.29) is 5.41 Å². The molecule has 2 aromatic rings. The van der Waals surface area contributed by atoms with Crippen molar-refractivity contribution < 1.29 is 0 Å². The molecule has 0 aliphatic heterocycles. The van der Waals surface area contributed by atoms with Gasteiger partial charge in [-0.2, -0.15) is 0 Å². The van der Waals surface area contributed by atoms with E-state index in [0.29, 0.717) is 0 Å². The molecule has 0 fully saturated rings. The molecule has 15 heavy (non-hydrogen) atoms. The minimum absolute atomic E-state index is 0.283. The highest BCUT2D eigenvalue weighted by Crippen LogP contribution is 2.21. The molecule has 80 valence electrons. The van der Waals surface area contributed by atoms with Crippen molar-refractivity contribution in [2.45, 2.75) is 34.1 Å². The molecule has 2 heterocycles. The standard InChI is InChI=1S/C13H18N2/c1-10-6-5-7-15-11(10)9-14-12(15)8-13(2,3)4/h5-7,9H,8H2,1-4H3. The van der Waals surface area contributed by atoms with Gasteiger partial charge in [0.05, 0.1) is 11.7 Å². The number of aromatic nitrogens is 2. The van der Waals surface area contributed by atoms with E-state index in [0.717, 1.165) is 12.2 Å². The van der Waals surface area contributed by atoms with Crippen LogP contribution in [0.15, 0.2) is 24.5 Å². The normalized spacial score (nSPS) is 12.3. The molecule has 0 aliphatic rings. The third-order valence-electron chi connectivity index (χ3n) is 2.55. The summed E-state index contributed by atoms with van der Waals surface area (Å²) >= 11 is 0. The zero-order chi connectivity index (χ0) is 11.1. The van der Waals surface area contributed by atoms with Gasteiger partial charge < -0.3 is 4.40 Å². The molecule has 2 heteroatoms. The summed E-state index contributed by atoms with van der Waals surface area (Å²) in [5, 5.41) is 0. The fourth-order valence-corrected chi connectivity index (χ4v) is 1.82. The Kier molecular flexibility index (Phi) is 2.29. The highest BCUT2D eigenvalue weighted by Gasteiger charge is 2.15. The van der Waals surface area contributed by atoms with Crippen molar-refractivity contribution in [1.82, 2.24) is 9.38 Å². The first-order valence-electron chi connectivity index (χ1n) is 5.39. The number of hydrogen-bond acceptors (Lipinski definition) is 1. The summed E-state index contributed by atoms with van der Waals surface area (Å²) in [7, 11) is 0. The van der Waals surface area contributed by atoms with Crippen LogP contribution in [-0.2, 0) is 6.42 Å². The van der Waals surface area contributed by atoms with Crippen molar-refractivity contribution in [1.29, 1.82) is 0 Å². The Balaban J connectivity index is 2.50. The molecule has 0 amide bonds. The Bertz CT molecular complexity index is 475. The van der Waals surface area contributed by atoms with Crippen LogP contribution in [0.25, 0.3) is 5.52 Å². The van der Waals surface area contributed by atoms with Crippen LogP contribution in [0.3, 0.4) is 0 Å². The summed E-state index contributed by atoms with van der Waals surface area (Å²) in [5.41, 5.74) is 2.78. The highest BCUT2D eigenvalue weighted by molar-refractivity contribution is 5.53. The van der Waals surface area contributed by atoms with Gasteiger partial charge in [0, 0.05) is 12.6 Å². The average molecular weight is 202 g/mol. The largest absolute Gasteiger partial charge is 0.303 e. The molecule has 0 atom stereocenters. The van der Waals surface area contributed by atoms with Crippen molar-refractivity contribution in [3.63, 3.8) is 0 Å². The van der Waals surface area contributed by atoms with E-state index in [1.807, 2.05) is 6.20 Å². The maximum Gasteiger partial charge on any atom is 0.113 e. The number of imidazole rings is 1. The first kappa shape index (κ1) is 10.2. The Morgan fingerprint density at radius 3 is 2.73 bits per heavy atom. The lowest BCUT2D eigenvalue weighted by atomic mass is 9.92. The van der Waals surface area contributed by atoms with Crippen LogP contribution >= 0.6 is 0 Å². The van der Waals surface area contributed by atoms with Crippen LogP contribution < -0.4 is 0 Å². The number of nitrogens with zero attached hydrogens (tertiary/aromatic N) is 2. The lowest BCUT2D eigenvalue weighted by Crippen LogP contribution is -2.11. The minimum Gasteiger partial charge on any atom is -0.303 e. The van der Waals surface area contributed by atoms with Gasteiger partial charge in [0.1, 0.15) is 5.82 Å². The Labute approximate surface area is 91.0 Å². The lowest BCUT2D eigenvalue weighted by Gasteiger charge is -2.16. The van der Waals surface area contributed by atoms with Gasteiger partial charge in [-0.25, -0.2) is 4.98 Å². The fourth-order valence-electron chi connectivity index (χ4n) is 1.82. The molecule has 2 aromatic heterocycles. The van der Waals surface area contributed by atoms with E-state index in [2.05, 4.69) is 55.4 Å². The fraction of sp³-hybridized carbons (Fsp3) is 0.462. The monoisotopic (exact) mass is 202 g/mol. The summed E-state index contributed by atoms with van der Waals surface area (Å²) in [4.78, 5) is 4.50. The maximum absolute atomic E-state index is 4.50. The topological polar surface area (TPSA) is 17.3 Å². The van der Waals surface area contributed by atoms with Gasteiger partial charge in [-0.15, -0.1) is 0 Å². The molecule has 0 saturated heterocycles. The first-order valence-corrected chi connectivity index (χ1v) is 5.39. The molecule has 0 radical (unpaired) electrons. The number of rotatable bonds is 1. The average Bonchev–Trinajstić information content (AvgIpc) is 2.48. The second-order valence-corrected chi connectivity index (χ2v) is 5.36. The Hall–Kier alpha value is -1.31.